The van der Waals surface area contributed by atoms with Crippen LogP contribution in [0.5, 0.6) is 0 Å². The van der Waals surface area contributed by atoms with Gasteiger partial charge in [0, 0.05) is 16.2 Å². The molecule has 30 heavy (non-hydrogen) atoms. The van der Waals surface area contributed by atoms with Crippen LogP contribution in [0.1, 0.15) is 35.0 Å². The van der Waals surface area contributed by atoms with E-state index in [1.807, 2.05) is 36.4 Å². The number of amides is 1. The summed E-state index contributed by atoms with van der Waals surface area (Å²) in [5, 5.41) is 2.91. The average molecular weight is 440 g/mol. The monoisotopic (exact) mass is 439 g/mol. The van der Waals surface area contributed by atoms with Gasteiger partial charge in [-0.15, -0.1) is 23.1 Å². The highest BCUT2D eigenvalue weighted by molar-refractivity contribution is 7.99. The minimum atomic E-state index is -0.407. The van der Waals surface area contributed by atoms with Crippen LogP contribution in [0.2, 0.25) is 0 Å². The molecule has 0 saturated carbocycles. The first-order valence-corrected chi connectivity index (χ1v) is 11.7. The summed E-state index contributed by atoms with van der Waals surface area (Å²) in [5.41, 5.74) is 2.76. The fourth-order valence-electron chi connectivity index (χ4n) is 2.85. The number of thioether (sulfide) groups is 1. The van der Waals surface area contributed by atoms with E-state index >= 15 is 0 Å². The number of rotatable bonds is 9. The summed E-state index contributed by atoms with van der Waals surface area (Å²) in [6.45, 7) is 4.13. The lowest BCUT2D eigenvalue weighted by atomic mass is 10.2. The normalized spacial score (nSPS) is 10.6. The molecular formula is C24H25NO3S2. The van der Waals surface area contributed by atoms with E-state index in [1.54, 1.807) is 18.7 Å². The minimum absolute atomic E-state index is 0.0949. The Kier molecular flexibility index (Phi) is 8.11. The first-order valence-electron chi connectivity index (χ1n) is 9.92. The molecule has 1 N–H and O–H groups in total. The molecular weight excluding hydrogens is 414 g/mol. The van der Waals surface area contributed by atoms with Crippen molar-refractivity contribution in [1.29, 1.82) is 0 Å². The number of hydrogen-bond donors (Lipinski definition) is 1. The Bertz CT molecular complexity index is 981. The van der Waals surface area contributed by atoms with Crippen molar-refractivity contribution in [2.75, 3.05) is 17.7 Å². The van der Waals surface area contributed by atoms with Crippen LogP contribution in [-0.4, -0.2) is 24.2 Å². The Balaban J connectivity index is 1.60. The van der Waals surface area contributed by atoms with Crippen LogP contribution >= 0.6 is 23.1 Å². The molecule has 156 valence electrons. The maximum Gasteiger partial charge on any atom is 0.350 e. The van der Waals surface area contributed by atoms with Gasteiger partial charge in [-0.3, -0.25) is 4.79 Å². The van der Waals surface area contributed by atoms with Gasteiger partial charge in [0.15, 0.2) is 0 Å². The Hall–Kier alpha value is -2.57. The zero-order valence-electron chi connectivity index (χ0n) is 17.1. The molecule has 4 nitrogen and oxygen atoms in total. The summed E-state index contributed by atoms with van der Waals surface area (Å²) in [6, 6.07) is 20.0. The number of thiophene rings is 1. The molecule has 0 unspecified atom stereocenters. The van der Waals surface area contributed by atoms with Gasteiger partial charge in [-0.25, -0.2) is 4.79 Å². The maximum atomic E-state index is 12.5. The van der Waals surface area contributed by atoms with Crippen molar-refractivity contribution in [3.8, 4) is 10.4 Å². The van der Waals surface area contributed by atoms with E-state index in [9.17, 15) is 9.59 Å². The number of esters is 1. The van der Waals surface area contributed by atoms with Crippen molar-refractivity contribution >= 4 is 40.7 Å². The molecule has 0 atom stereocenters. The van der Waals surface area contributed by atoms with Gasteiger partial charge >= 0.3 is 5.97 Å². The summed E-state index contributed by atoms with van der Waals surface area (Å²) < 4.78 is 5.17. The maximum absolute atomic E-state index is 12.5. The predicted octanol–water partition coefficient (Wildman–Crippen LogP) is 6.41. The van der Waals surface area contributed by atoms with E-state index in [2.05, 4.69) is 36.5 Å². The fourth-order valence-corrected chi connectivity index (χ4v) is 4.71. The van der Waals surface area contributed by atoms with E-state index in [4.69, 9.17) is 4.74 Å². The lowest BCUT2D eigenvalue weighted by molar-refractivity contribution is -0.116. The van der Waals surface area contributed by atoms with Crippen LogP contribution in [0.4, 0.5) is 5.69 Å². The summed E-state index contributed by atoms with van der Waals surface area (Å²) in [4.78, 5) is 27.4. The van der Waals surface area contributed by atoms with E-state index in [-0.39, 0.29) is 5.91 Å². The molecule has 3 aromatic rings. The van der Waals surface area contributed by atoms with Crippen molar-refractivity contribution in [2.24, 2.45) is 0 Å². The van der Waals surface area contributed by atoms with Gasteiger partial charge in [0.1, 0.15) is 4.88 Å². The number of benzene rings is 2. The van der Waals surface area contributed by atoms with Gasteiger partial charge in [0.05, 0.1) is 12.3 Å². The van der Waals surface area contributed by atoms with Gasteiger partial charge in [0.25, 0.3) is 0 Å². The number of anilines is 1. The van der Waals surface area contributed by atoms with E-state index in [1.165, 1.54) is 21.8 Å². The van der Waals surface area contributed by atoms with E-state index in [0.29, 0.717) is 23.6 Å². The molecule has 0 radical (unpaired) electrons. The smallest absolute Gasteiger partial charge is 0.350 e. The van der Waals surface area contributed by atoms with Crippen LogP contribution in [0.15, 0.2) is 65.6 Å². The first-order chi connectivity index (χ1) is 14.6. The van der Waals surface area contributed by atoms with E-state index < -0.39 is 5.97 Å². The summed E-state index contributed by atoms with van der Waals surface area (Å²) in [6.07, 6.45) is 1.16. The Morgan fingerprint density at radius 2 is 1.80 bits per heavy atom. The predicted molar refractivity (Wildman–Crippen MR) is 125 cm³/mol. The Morgan fingerprint density at radius 3 is 2.50 bits per heavy atom. The molecule has 0 aliphatic heterocycles. The third-order valence-electron chi connectivity index (χ3n) is 4.36. The highest BCUT2D eigenvalue weighted by Crippen LogP contribution is 2.35. The van der Waals surface area contributed by atoms with Crippen molar-refractivity contribution in [3.63, 3.8) is 0 Å². The molecule has 2 aromatic carbocycles. The fraction of sp³-hybridized carbons (Fsp3) is 0.250. The standard InChI is InChI=1S/C24H25NO3S2/c1-3-28-24(27)23-20(16-21(30-23)18-8-5-4-6-9-18)25-22(26)10-7-15-29-19-13-11-17(2)12-14-19/h4-6,8-9,11-14,16H,3,7,10,15H2,1-2H3,(H,25,26). The summed E-state index contributed by atoms with van der Waals surface area (Å²) in [7, 11) is 0. The number of hydrogen-bond acceptors (Lipinski definition) is 5. The number of nitrogens with one attached hydrogen (secondary N) is 1. The van der Waals surface area contributed by atoms with Crippen molar-refractivity contribution in [3.05, 3.63) is 71.1 Å². The van der Waals surface area contributed by atoms with Gasteiger partial charge in [-0.2, -0.15) is 0 Å². The lowest BCUT2D eigenvalue weighted by Gasteiger charge is -2.06. The molecule has 1 aromatic heterocycles. The van der Waals surface area contributed by atoms with Crippen molar-refractivity contribution in [2.45, 2.75) is 31.6 Å². The molecule has 1 amide bonds. The van der Waals surface area contributed by atoms with Gasteiger partial charge < -0.3 is 10.1 Å². The number of ether oxygens (including phenoxy) is 1. The average Bonchev–Trinajstić information content (AvgIpc) is 3.17. The SMILES string of the molecule is CCOC(=O)c1sc(-c2ccccc2)cc1NC(=O)CCCSc1ccc(C)cc1. The second-order valence-electron chi connectivity index (χ2n) is 6.75. The van der Waals surface area contributed by atoms with Gasteiger partial charge in [-0.05, 0) is 49.8 Å². The zero-order valence-corrected chi connectivity index (χ0v) is 18.8. The molecule has 0 aliphatic carbocycles. The van der Waals surface area contributed by atoms with Crippen molar-refractivity contribution < 1.29 is 14.3 Å². The van der Waals surface area contributed by atoms with Gasteiger partial charge in [0.2, 0.25) is 5.91 Å². The number of carbonyl (C=O) groups excluding carboxylic acids is 2. The topological polar surface area (TPSA) is 55.4 Å². The lowest BCUT2D eigenvalue weighted by Crippen LogP contribution is -2.14. The number of aryl methyl sites for hydroxylation is 1. The molecule has 0 saturated heterocycles. The molecule has 0 spiro atoms. The molecule has 0 fully saturated rings. The second-order valence-corrected chi connectivity index (χ2v) is 8.97. The Morgan fingerprint density at radius 1 is 1.07 bits per heavy atom. The molecule has 3 rings (SSSR count). The quantitative estimate of drug-likeness (QED) is 0.238. The largest absolute Gasteiger partial charge is 0.462 e. The molecule has 0 bridgehead atoms. The van der Waals surface area contributed by atoms with E-state index in [0.717, 1.165) is 22.6 Å². The highest BCUT2D eigenvalue weighted by Gasteiger charge is 2.19. The third-order valence-corrected chi connectivity index (χ3v) is 6.63. The van der Waals surface area contributed by atoms with Crippen LogP contribution < -0.4 is 5.32 Å². The van der Waals surface area contributed by atoms with Crippen LogP contribution in [0.3, 0.4) is 0 Å². The second kappa shape index (κ2) is 11.0. The third kappa shape index (κ3) is 6.21. The Labute approximate surface area is 185 Å². The highest BCUT2D eigenvalue weighted by atomic mass is 32.2. The van der Waals surface area contributed by atoms with Crippen LogP contribution in [0.25, 0.3) is 10.4 Å². The van der Waals surface area contributed by atoms with Crippen molar-refractivity contribution in [1.82, 2.24) is 0 Å². The molecule has 0 aliphatic rings. The van der Waals surface area contributed by atoms with Crippen LogP contribution in [-0.2, 0) is 9.53 Å². The summed E-state index contributed by atoms with van der Waals surface area (Å²) >= 11 is 3.08. The minimum Gasteiger partial charge on any atom is -0.462 e. The first kappa shape index (κ1) is 22.1. The zero-order chi connectivity index (χ0) is 21.3. The molecule has 6 heteroatoms. The molecule has 1 heterocycles. The van der Waals surface area contributed by atoms with Crippen LogP contribution in [0, 0.1) is 6.92 Å². The summed E-state index contributed by atoms with van der Waals surface area (Å²) in [5.74, 6) is 0.359. The van der Waals surface area contributed by atoms with Gasteiger partial charge in [-0.1, -0.05) is 48.0 Å². The number of carbonyl (C=O) groups is 2.